The zero-order valence-corrected chi connectivity index (χ0v) is 16.7. The Morgan fingerprint density at radius 1 is 1.07 bits per heavy atom. The van der Waals surface area contributed by atoms with Gasteiger partial charge in [0.05, 0.1) is 41.3 Å². The molecular weight excluding hydrogens is 401 g/mol. The summed E-state index contributed by atoms with van der Waals surface area (Å²) in [5.74, 6) is -1.31. The van der Waals surface area contributed by atoms with Crippen molar-refractivity contribution in [3.8, 4) is 0 Å². The molecule has 9 heteroatoms. The number of nitrogens with zero attached hydrogens (tertiary/aromatic N) is 1. The number of rotatable bonds is 7. The number of ether oxygens (including phenoxy) is 2. The van der Waals surface area contributed by atoms with E-state index in [9.17, 15) is 22.8 Å². The molecule has 0 spiro atoms. The van der Waals surface area contributed by atoms with Crippen LogP contribution in [0.5, 0.6) is 0 Å². The van der Waals surface area contributed by atoms with Crippen LogP contribution >= 0.6 is 0 Å². The molecule has 0 radical (unpaired) electrons. The van der Waals surface area contributed by atoms with Crippen molar-refractivity contribution in [2.24, 2.45) is 0 Å². The van der Waals surface area contributed by atoms with Crippen LogP contribution in [-0.4, -0.2) is 30.1 Å². The lowest BCUT2D eigenvalue weighted by Gasteiger charge is -2.11. The smallest absolute Gasteiger partial charge is 0.416 e. The zero-order chi connectivity index (χ0) is 22.3. The third-order valence-electron chi connectivity index (χ3n) is 3.91. The molecule has 30 heavy (non-hydrogen) atoms. The number of alkyl halides is 3. The second-order valence-corrected chi connectivity index (χ2v) is 6.05. The summed E-state index contributed by atoms with van der Waals surface area (Å²) in [6, 6.07) is 6.00. The number of halogens is 3. The monoisotopic (exact) mass is 422 g/mol. The van der Waals surface area contributed by atoms with Crippen LogP contribution in [0.3, 0.4) is 0 Å². The molecule has 0 saturated carbocycles. The number of carbonyl (C=O) groups excluding carboxylic acids is 2. The molecule has 160 valence electrons. The van der Waals surface area contributed by atoms with E-state index in [0.717, 1.165) is 12.1 Å². The van der Waals surface area contributed by atoms with Crippen LogP contribution in [0.2, 0.25) is 0 Å². The quantitative estimate of drug-likeness (QED) is 0.643. The molecule has 1 heterocycles. The van der Waals surface area contributed by atoms with Gasteiger partial charge in [0, 0.05) is 11.9 Å². The largest absolute Gasteiger partial charge is 0.462 e. The Bertz CT molecular complexity index is 956. The minimum absolute atomic E-state index is 0.0348. The molecule has 1 aromatic heterocycles. The van der Waals surface area contributed by atoms with Gasteiger partial charge in [-0.2, -0.15) is 13.2 Å². The van der Waals surface area contributed by atoms with Crippen molar-refractivity contribution in [3.63, 3.8) is 0 Å². The summed E-state index contributed by atoms with van der Waals surface area (Å²) in [5.41, 5.74) is 0.105. The molecular formula is C21H21F3N2O4. The molecule has 0 fully saturated rings. The normalized spacial score (nSPS) is 11.4. The first-order valence-corrected chi connectivity index (χ1v) is 9.13. The van der Waals surface area contributed by atoms with Crippen LogP contribution in [0, 0.1) is 6.92 Å². The summed E-state index contributed by atoms with van der Waals surface area (Å²) in [6.07, 6.45) is -1.70. The van der Waals surface area contributed by atoms with Gasteiger partial charge in [0.2, 0.25) is 0 Å². The number of hydrogen-bond donors (Lipinski definition) is 1. The molecule has 0 aliphatic heterocycles. The van der Waals surface area contributed by atoms with E-state index in [-0.39, 0.29) is 35.7 Å². The molecule has 0 bridgehead atoms. The average Bonchev–Trinajstić information content (AvgIpc) is 2.68. The molecule has 0 unspecified atom stereocenters. The second kappa shape index (κ2) is 9.91. The van der Waals surface area contributed by atoms with Gasteiger partial charge in [-0.15, -0.1) is 0 Å². The summed E-state index contributed by atoms with van der Waals surface area (Å²) in [6.45, 7) is 5.15. The van der Waals surface area contributed by atoms with Crippen molar-refractivity contribution >= 4 is 23.7 Å². The first-order valence-electron chi connectivity index (χ1n) is 9.13. The Kier molecular flexibility index (Phi) is 7.57. The lowest BCUT2D eigenvalue weighted by atomic mass is 10.1. The standard InChI is InChI=1S/C21H21F3N2O4/c1-4-29-19(27)16-12-17(20(28)30-5-2)18(26-13(16)3)9-10-25-15-8-6-7-14(11-15)21(22,23)24/h6-12,25H,4-5H2,1-3H3/b10-9-. The fraction of sp³-hybridized carbons (Fsp3) is 0.286. The molecule has 0 aliphatic rings. The Morgan fingerprint density at radius 2 is 1.70 bits per heavy atom. The molecule has 0 saturated heterocycles. The third kappa shape index (κ3) is 5.82. The topological polar surface area (TPSA) is 77.5 Å². The van der Waals surface area contributed by atoms with E-state index in [1.54, 1.807) is 20.8 Å². The van der Waals surface area contributed by atoms with Crippen molar-refractivity contribution in [3.05, 3.63) is 64.6 Å². The minimum Gasteiger partial charge on any atom is -0.462 e. The van der Waals surface area contributed by atoms with Gasteiger partial charge in [0.15, 0.2) is 0 Å². The summed E-state index contributed by atoms with van der Waals surface area (Å²) >= 11 is 0. The number of nitrogens with one attached hydrogen (secondary N) is 1. The highest BCUT2D eigenvalue weighted by atomic mass is 19.4. The van der Waals surface area contributed by atoms with E-state index in [1.807, 2.05) is 0 Å². The summed E-state index contributed by atoms with van der Waals surface area (Å²) in [5, 5.41) is 2.72. The van der Waals surface area contributed by atoms with E-state index >= 15 is 0 Å². The highest BCUT2D eigenvalue weighted by molar-refractivity contribution is 5.98. The van der Waals surface area contributed by atoms with E-state index < -0.39 is 23.7 Å². The van der Waals surface area contributed by atoms with Crippen LogP contribution in [0.1, 0.15) is 51.5 Å². The summed E-state index contributed by atoms with van der Waals surface area (Å²) < 4.78 is 48.5. The molecule has 2 rings (SSSR count). The highest BCUT2D eigenvalue weighted by Gasteiger charge is 2.30. The van der Waals surface area contributed by atoms with Gasteiger partial charge in [0.1, 0.15) is 0 Å². The van der Waals surface area contributed by atoms with Gasteiger partial charge in [-0.25, -0.2) is 9.59 Å². The van der Waals surface area contributed by atoms with E-state index in [0.29, 0.717) is 5.69 Å². The highest BCUT2D eigenvalue weighted by Crippen LogP contribution is 2.30. The molecule has 1 aromatic carbocycles. The lowest BCUT2D eigenvalue weighted by molar-refractivity contribution is -0.137. The average molecular weight is 422 g/mol. The molecule has 2 aromatic rings. The van der Waals surface area contributed by atoms with Gasteiger partial charge in [-0.3, -0.25) is 4.98 Å². The Balaban J connectivity index is 2.34. The van der Waals surface area contributed by atoms with Gasteiger partial charge >= 0.3 is 18.1 Å². The Labute approximate surface area is 171 Å². The van der Waals surface area contributed by atoms with Crippen molar-refractivity contribution in [2.75, 3.05) is 18.5 Å². The van der Waals surface area contributed by atoms with Crippen LogP contribution in [0.15, 0.2) is 36.5 Å². The predicted molar refractivity (Wildman–Crippen MR) is 105 cm³/mol. The number of anilines is 1. The van der Waals surface area contributed by atoms with Gasteiger partial charge in [0.25, 0.3) is 0 Å². The molecule has 6 nitrogen and oxygen atoms in total. The first-order chi connectivity index (χ1) is 14.2. The van der Waals surface area contributed by atoms with Crippen LogP contribution in [-0.2, 0) is 15.7 Å². The summed E-state index contributed by atoms with van der Waals surface area (Å²) in [7, 11) is 0. The fourth-order valence-corrected chi connectivity index (χ4v) is 2.54. The van der Waals surface area contributed by atoms with Crippen LogP contribution < -0.4 is 5.32 Å². The van der Waals surface area contributed by atoms with Crippen LogP contribution in [0.4, 0.5) is 18.9 Å². The van der Waals surface area contributed by atoms with Crippen LogP contribution in [0.25, 0.3) is 6.08 Å². The van der Waals surface area contributed by atoms with Gasteiger partial charge < -0.3 is 14.8 Å². The lowest BCUT2D eigenvalue weighted by Crippen LogP contribution is -2.14. The van der Waals surface area contributed by atoms with E-state index in [1.165, 1.54) is 30.5 Å². The number of pyridine rings is 1. The maximum Gasteiger partial charge on any atom is 0.416 e. The SMILES string of the molecule is CCOC(=O)c1cc(C(=O)OCC)c(/C=C\Nc2cccc(C(F)(F)F)c2)nc1C. The maximum absolute atomic E-state index is 12.8. The molecule has 0 atom stereocenters. The number of aryl methyl sites for hydroxylation is 1. The summed E-state index contributed by atoms with van der Waals surface area (Å²) in [4.78, 5) is 28.6. The number of aromatic nitrogens is 1. The van der Waals surface area contributed by atoms with E-state index in [4.69, 9.17) is 9.47 Å². The number of carbonyl (C=O) groups is 2. The number of esters is 2. The molecule has 0 amide bonds. The third-order valence-corrected chi connectivity index (χ3v) is 3.91. The van der Waals surface area contributed by atoms with Crippen molar-refractivity contribution < 1.29 is 32.2 Å². The van der Waals surface area contributed by atoms with Gasteiger partial charge in [-0.1, -0.05) is 6.07 Å². The first kappa shape index (κ1) is 22.9. The fourth-order valence-electron chi connectivity index (χ4n) is 2.54. The van der Waals surface area contributed by atoms with Crippen molar-refractivity contribution in [1.29, 1.82) is 0 Å². The second-order valence-electron chi connectivity index (χ2n) is 6.05. The van der Waals surface area contributed by atoms with Crippen molar-refractivity contribution in [2.45, 2.75) is 26.9 Å². The predicted octanol–water partition coefficient (Wildman–Crippen LogP) is 4.85. The maximum atomic E-state index is 12.8. The van der Waals surface area contributed by atoms with Crippen molar-refractivity contribution in [1.82, 2.24) is 4.98 Å². The molecule has 0 aliphatic carbocycles. The Morgan fingerprint density at radius 3 is 2.30 bits per heavy atom. The number of hydrogen-bond acceptors (Lipinski definition) is 6. The number of benzene rings is 1. The molecule has 1 N–H and O–H groups in total. The van der Waals surface area contributed by atoms with Gasteiger partial charge in [-0.05, 0) is 51.1 Å². The Hall–Kier alpha value is -3.36. The van der Waals surface area contributed by atoms with E-state index in [2.05, 4.69) is 10.3 Å². The zero-order valence-electron chi connectivity index (χ0n) is 16.7. The minimum atomic E-state index is -4.46.